The van der Waals surface area contributed by atoms with Crippen LogP contribution in [0.4, 0.5) is 10.1 Å². The van der Waals surface area contributed by atoms with Gasteiger partial charge in [-0.1, -0.05) is 26.8 Å². The second-order valence-electron chi connectivity index (χ2n) is 7.13. The first-order chi connectivity index (χ1) is 9.29. The van der Waals surface area contributed by atoms with Crippen LogP contribution in [0.15, 0.2) is 18.2 Å². The fourth-order valence-corrected chi connectivity index (χ4v) is 3.05. The van der Waals surface area contributed by atoms with E-state index in [1.165, 1.54) is 0 Å². The van der Waals surface area contributed by atoms with Crippen molar-refractivity contribution in [1.29, 1.82) is 0 Å². The first kappa shape index (κ1) is 15.3. The maximum Gasteiger partial charge on any atom is 0.146 e. The van der Waals surface area contributed by atoms with Gasteiger partial charge in [0.05, 0.1) is 5.69 Å². The summed E-state index contributed by atoms with van der Waals surface area (Å²) in [5, 5.41) is 0. The molecule has 0 aromatic heterocycles. The van der Waals surface area contributed by atoms with E-state index in [9.17, 15) is 4.39 Å². The largest absolute Gasteiger partial charge is 0.369 e. The lowest BCUT2D eigenvalue weighted by Gasteiger charge is -2.39. The van der Waals surface area contributed by atoms with Crippen molar-refractivity contribution in [1.82, 2.24) is 0 Å². The molecule has 20 heavy (non-hydrogen) atoms. The molecule has 1 unspecified atom stereocenters. The van der Waals surface area contributed by atoms with E-state index in [-0.39, 0.29) is 11.9 Å². The maximum atomic E-state index is 14.2. The molecule has 1 saturated heterocycles. The van der Waals surface area contributed by atoms with Crippen LogP contribution in [0.25, 0.3) is 0 Å². The van der Waals surface area contributed by atoms with Gasteiger partial charge in [0.1, 0.15) is 5.82 Å². The van der Waals surface area contributed by atoms with Gasteiger partial charge in [-0.05, 0) is 48.8 Å². The zero-order valence-corrected chi connectivity index (χ0v) is 13.1. The van der Waals surface area contributed by atoms with Gasteiger partial charge in [-0.2, -0.15) is 0 Å². The predicted molar refractivity (Wildman–Crippen MR) is 83.4 cm³/mol. The highest BCUT2D eigenvalue weighted by molar-refractivity contribution is 5.50. The highest BCUT2D eigenvalue weighted by Crippen LogP contribution is 2.36. The first-order valence-electron chi connectivity index (χ1n) is 7.59. The summed E-state index contributed by atoms with van der Waals surface area (Å²) in [5.41, 5.74) is 7.73. The first-order valence-corrected chi connectivity index (χ1v) is 7.59. The molecule has 3 heteroatoms. The van der Waals surface area contributed by atoms with E-state index in [2.05, 4.69) is 25.7 Å². The molecule has 1 fully saturated rings. The van der Waals surface area contributed by atoms with Crippen LogP contribution in [0.3, 0.4) is 0 Å². The topological polar surface area (TPSA) is 29.3 Å². The molecule has 2 N–H and O–H groups in total. The van der Waals surface area contributed by atoms with E-state index < -0.39 is 0 Å². The van der Waals surface area contributed by atoms with Crippen molar-refractivity contribution in [2.24, 2.45) is 17.1 Å². The van der Waals surface area contributed by atoms with Crippen LogP contribution >= 0.6 is 0 Å². The van der Waals surface area contributed by atoms with Crippen molar-refractivity contribution >= 4 is 5.69 Å². The van der Waals surface area contributed by atoms with Crippen molar-refractivity contribution in [3.8, 4) is 0 Å². The van der Waals surface area contributed by atoms with Crippen molar-refractivity contribution in [2.45, 2.75) is 46.6 Å². The Morgan fingerprint density at radius 1 is 1.25 bits per heavy atom. The van der Waals surface area contributed by atoms with E-state index in [1.807, 2.05) is 19.1 Å². The highest BCUT2D eigenvalue weighted by atomic mass is 19.1. The normalized spacial score (nSPS) is 19.2. The minimum Gasteiger partial charge on any atom is -0.369 e. The van der Waals surface area contributed by atoms with Gasteiger partial charge in [-0.25, -0.2) is 4.39 Å². The number of rotatable bonds is 2. The van der Waals surface area contributed by atoms with Gasteiger partial charge >= 0.3 is 0 Å². The van der Waals surface area contributed by atoms with Gasteiger partial charge in [0.2, 0.25) is 0 Å². The second-order valence-corrected chi connectivity index (χ2v) is 7.13. The standard InChI is InChI=1S/C17H27FN2/c1-12(19)13-5-6-16(15(18)11-13)20-9-7-14(8-10-20)17(2,3)4/h5-6,11-12,14H,7-10,19H2,1-4H3. The average molecular weight is 278 g/mol. The summed E-state index contributed by atoms with van der Waals surface area (Å²) in [6, 6.07) is 5.28. The van der Waals surface area contributed by atoms with Gasteiger partial charge in [0.25, 0.3) is 0 Å². The van der Waals surface area contributed by atoms with Crippen molar-refractivity contribution in [3.05, 3.63) is 29.6 Å². The third-order valence-electron chi connectivity index (χ3n) is 4.56. The van der Waals surface area contributed by atoms with Crippen molar-refractivity contribution in [2.75, 3.05) is 18.0 Å². The quantitative estimate of drug-likeness (QED) is 0.882. The smallest absolute Gasteiger partial charge is 0.146 e. The summed E-state index contributed by atoms with van der Waals surface area (Å²) >= 11 is 0. The molecule has 0 saturated carbocycles. The number of nitrogens with zero attached hydrogens (tertiary/aromatic N) is 1. The molecule has 112 valence electrons. The molecule has 0 amide bonds. The molecular formula is C17H27FN2. The van der Waals surface area contributed by atoms with E-state index in [0.29, 0.717) is 5.41 Å². The van der Waals surface area contributed by atoms with E-state index in [4.69, 9.17) is 5.73 Å². The summed E-state index contributed by atoms with van der Waals surface area (Å²) in [6.45, 7) is 10.7. The molecule has 2 rings (SSSR count). The van der Waals surface area contributed by atoms with Gasteiger partial charge in [-0.3, -0.25) is 0 Å². The Hall–Kier alpha value is -1.09. The van der Waals surface area contributed by atoms with Crippen LogP contribution in [0.5, 0.6) is 0 Å². The fraction of sp³-hybridized carbons (Fsp3) is 0.647. The predicted octanol–water partition coefficient (Wildman–Crippen LogP) is 4.11. The molecule has 0 bridgehead atoms. The second kappa shape index (κ2) is 5.72. The summed E-state index contributed by atoms with van der Waals surface area (Å²) in [5.74, 6) is 0.583. The van der Waals surface area contributed by atoms with E-state index >= 15 is 0 Å². The van der Waals surface area contributed by atoms with Gasteiger partial charge in [0.15, 0.2) is 0 Å². The molecule has 1 aromatic rings. The van der Waals surface area contributed by atoms with Crippen LogP contribution in [0.2, 0.25) is 0 Å². The number of benzene rings is 1. The van der Waals surface area contributed by atoms with Crippen molar-refractivity contribution < 1.29 is 4.39 Å². The lowest BCUT2D eigenvalue weighted by atomic mass is 9.75. The van der Waals surface area contributed by atoms with Gasteiger partial charge < -0.3 is 10.6 Å². The van der Waals surface area contributed by atoms with E-state index in [1.54, 1.807) is 6.07 Å². The molecule has 0 radical (unpaired) electrons. The van der Waals surface area contributed by atoms with Crippen molar-refractivity contribution in [3.63, 3.8) is 0 Å². The van der Waals surface area contributed by atoms with Crippen LogP contribution in [-0.4, -0.2) is 13.1 Å². The van der Waals surface area contributed by atoms with Crippen LogP contribution in [0, 0.1) is 17.2 Å². The summed E-state index contributed by atoms with van der Waals surface area (Å²) < 4.78 is 14.2. The minimum atomic E-state index is -0.144. The molecule has 2 nitrogen and oxygen atoms in total. The third-order valence-corrected chi connectivity index (χ3v) is 4.56. The Morgan fingerprint density at radius 2 is 1.85 bits per heavy atom. The summed E-state index contributed by atoms with van der Waals surface area (Å²) in [6.07, 6.45) is 2.27. The Kier molecular flexibility index (Phi) is 4.38. The Balaban J connectivity index is 2.07. The molecule has 0 spiro atoms. The molecule has 1 aliphatic rings. The fourth-order valence-electron chi connectivity index (χ4n) is 3.05. The van der Waals surface area contributed by atoms with Crippen LogP contribution in [0.1, 0.15) is 52.1 Å². The Morgan fingerprint density at radius 3 is 2.30 bits per heavy atom. The zero-order chi connectivity index (χ0) is 14.9. The van der Waals surface area contributed by atoms with Gasteiger partial charge in [-0.15, -0.1) is 0 Å². The Bertz CT molecular complexity index is 455. The maximum absolute atomic E-state index is 14.2. The van der Waals surface area contributed by atoms with E-state index in [0.717, 1.165) is 43.1 Å². The zero-order valence-electron chi connectivity index (χ0n) is 13.1. The highest BCUT2D eigenvalue weighted by Gasteiger charge is 2.29. The molecular weight excluding hydrogens is 251 g/mol. The molecule has 1 atom stereocenters. The van der Waals surface area contributed by atoms with Gasteiger partial charge in [0, 0.05) is 19.1 Å². The Labute approximate surface area is 122 Å². The number of anilines is 1. The lowest BCUT2D eigenvalue weighted by molar-refractivity contribution is 0.198. The number of halogens is 1. The molecule has 1 aromatic carbocycles. The SMILES string of the molecule is CC(N)c1ccc(N2CCC(C(C)(C)C)CC2)c(F)c1. The molecule has 0 aliphatic carbocycles. The minimum absolute atomic E-state index is 0.120. The number of piperidine rings is 1. The monoisotopic (exact) mass is 278 g/mol. The molecule has 1 heterocycles. The van der Waals surface area contributed by atoms with Crippen LogP contribution in [-0.2, 0) is 0 Å². The third kappa shape index (κ3) is 3.32. The number of nitrogens with two attached hydrogens (primary N) is 1. The molecule has 1 aliphatic heterocycles. The lowest BCUT2D eigenvalue weighted by Crippen LogP contribution is -2.38. The summed E-state index contributed by atoms with van der Waals surface area (Å²) in [4.78, 5) is 2.17. The average Bonchev–Trinajstić information content (AvgIpc) is 2.37. The number of hydrogen-bond acceptors (Lipinski definition) is 2. The number of hydrogen-bond donors (Lipinski definition) is 1. The van der Waals surface area contributed by atoms with Crippen LogP contribution < -0.4 is 10.6 Å². The summed E-state index contributed by atoms with van der Waals surface area (Å²) in [7, 11) is 0.